The van der Waals surface area contributed by atoms with Gasteiger partial charge in [0, 0.05) is 0 Å². The van der Waals surface area contributed by atoms with Crippen molar-refractivity contribution in [3.63, 3.8) is 0 Å². The van der Waals surface area contributed by atoms with Gasteiger partial charge in [-0.1, -0.05) is 39.8 Å². The van der Waals surface area contributed by atoms with E-state index in [1.165, 1.54) is 5.56 Å². The smallest absolute Gasteiger partial charge is 0.298 e. The Morgan fingerprint density at radius 3 is 2.27 bits per heavy atom. The summed E-state index contributed by atoms with van der Waals surface area (Å²) in [6.07, 6.45) is 0. The zero-order valence-corrected chi connectivity index (χ0v) is 9.78. The van der Waals surface area contributed by atoms with E-state index in [0.717, 1.165) is 5.56 Å². The predicted molar refractivity (Wildman–Crippen MR) is 61.3 cm³/mol. The molecule has 0 bridgehead atoms. The van der Waals surface area contributed by atoms with Gasteiger partial charge in [-0.3, -0.25) is 4.79 Å². The van der Waals surface area contributed by atoms with Gasteiger partial charge in [0.15, 0.2) is 0 Å². The second kappa shape index (κ2) is 4.96. The highest BCUT2D eigenvalue weighted by Crippen LogP contribution is 2.29. The monoisotopic (exact) mass is 206 g/mol. The molecule has 1 aromatic carbocycles. The molecule has 0 saturated carbocycles. The summed E-state index contributed by atoms with van der Waals surface area (Å²) < 4.78 is 4.95. The van der Waals surface area contributed by atoms with E-state index in [0.29, 0.717) is 24.1 Å². The van der Waals surface area contributed by atoms with Gasteiger partial charge in [0.1, 0.15) is 5.75 Å². The number of carbonyl (C=O) groups is 1. The van der Waals surface area contributed by atoms with Crippen molar-refractivity contribution in [2.75, 3.05) is 0 Å². The zero-order chi connectivity index (χ0) is 11.4. The lowest BCUT2D eigenvalue weighted by Gasteiger charge is -2.14. The number of rotatable bonds is 4. The molecule has 0 atom stereocenters. The molecule has 2 heteroatoms. The standard InChI is InChI=1S/C13H18O2/c1-9(2)11-5-6-13(15-8-14)12(7-11)10(3)4/h5-10H,1-4H3. The van der Waals surface area contributed by atoms with Crippen LogP contribution in [-0.2, 0) is 4.79 Å². The number of hydrogen-bond acceptors (Lipinski definition) is 2. The quantitative estimate of drug-likeness (QED) is 0.705. The average Bonchev–Trinajstić information content (AvgIpc) is 2.18. The molecule has 0 radical (unpaired) electrons. The van der Waals surface area contributed by atoms with Crippen LogP contribution in [0.5, 0.6) is 5.75 Å². The molecule has 2 nitrogen and oxygen atoms in total. The molecule has 0 aliphatic carbocycles. The minimum absolute atomic E-state index is 0.360. The summed E-state index contributed by atoms with van der Waals surface area (Å²) in [6, 6.07) is 6.00. The number of hydrogen-bond donors (Lipinski definition) is 0. The first kappa shape index (κ1) is 11.8. The minimum atomic E-state index is 0.360. The van der Waals surface area contributed by atoms with Crippen LogP contribution < -0.4 is 4.74 Å². The van der Waals surface area contributed by atoms with Gasteiger partial charge in [-0.25, -0.2) is 0 Å². The molecule has 1 aromatic rings. The maximum Gasteiger partial charge on any atom is 0.298 e. The lowest BCUT2D eigenvalue weighted by Crippen LogP contribution is -1.99. The topological polar surface area (TPSA) is 26.3 Å². The fourth-order valence-electron chi connectivity index (χ4n) is 1.54. The highest BCUT2D eigenvalue weighted by molar-refractivity contribution is 5.50. The fraction of sp³-hybridized carbons (Fsp3) is 0.462. The zero-order valence-electron chi connectivity index (χ0n) is 9.78. The molecule has 0 aliphatic rings. The van der Waals surface area contributed by atoms with E-state index < -0.39 is 0 Å². The van der Waals surface area contributed by atoms with Crippen LogP contribution in [0.3, 0.4) is 0 Å². The van der Waals surface area contributed by atoms with Crippen LogP contribution in [0.2, 0.25) is 0 Å². The molecule has 0 aliphatic heterocycles. The molecular formula is C13H18O2. The van der Waals surface area contributed by atoms with E-state index in [9.17, 15) is 4.79 Å². The lowest BCUT2D eigenvalue weighted by atomic mass is 9.95. The molecule has 0 spiro atoms. The Labute approximate surface area is 91.3 Å². The Bertz CT molecular complexity index is 340. The molecule has 82 valence electrons. The number of carbonyl (C=O) groups excluding carboxylic acids is 1. The van der Waals surface area contributed by atoms with Crippen LogP contribution in [0, 0.1) is 0 Å². The molecule has 0 N–H and O–H groups in total. The van der Waals surface area contributed by atoms with Gasteiger partial charge in [-0.2, -0.15) is 0 Å². The normalized spacial score (nSPS) is 10.8. The van der Waals surface area contributed by atoms with Crippen molar-refractivity contribution in [1.29, 1.82) is 0 Å². The Kier molecular flexibility index (Phi) is 3.89. The average molecular weight is 206 g/mol. The lowest BCUT2D eigenvalue weighted by molar-refractivity contribution is -0.120. The van der Waals surface area contributed by atoms with Gasteiger partial charge in [-0.15, -0.1) is 0 Å². The number of benzene rings is 1. The second-order valence-electron chi connectivity index (χ2n) is 4.32. The van der Waals surface area contributed by atoms with Crippen molar-refractivity contribution < 1.29 is 9.53 Å². The molecule has 0 amide bonds. The van der Waals surface area contributed by atoms with Crippen LogP contribution >= 0.6 is 0 Å². The van der Waals surface area contributed by atoms with Gasteiger partial charge in [0.05, 0.1) is 0 Å². The van der Waals surface area contributed by atoms with Crippen LogP contribution in [0.25, 0.3) is 0 Å². The van der Waals surface area contributed by atoms with Crippen molar-refractivity contribution in [1.82, 2.24) is 0 Å². The highest BCUT2D eigenvalue weighted by Gasteiger charge is 2.10. The fourth-order valence-corrected chi connectivity index (χ4v) is 1.54. The van der Waals surface area contributed by atoms with Gasteiger partial charge in [0.2, 0.25) is 0 Å². The summed E-state index contributed by atoms with van der Waals surface area (Å²) in [7, 11) is 0. The van der Waals surface area contributed by atoms with Crippen molar-refractivity contribution in [2.45, 2.75) is 39.5 Å². The summed E-state index contributed by atoms with van der Waals surface area (Å²) in [6.45, 7) is 8.98. The van der Waals surface area contributed by atoms with Crippen molar-refractivity contribution in [3.05, 3.63) is 29.3 Å². The first-order valence-corrected chi connectivity index (χ1v) is 5.30. The third-order valence-electron chi connectivity index (χ3n) is 2.50. The van der Waals surface area contributed by atoms with Crippen molar-refractivity contribution in [2.24, 2.45) is 0 Å². The summed E-state index contributed by atoms with van der Waals surface area (Å²) >= 11 is 0. The van der Waals surface area contributed by atoms with E-state index in [-0.39, 0.29) is 0 Å². The van der Waals surface area contributed by atoms with Gasteiger partial charge < -0.3 is 4.74 Å². The highest BCUT2D eigenvalue weighted by atomic mass is 16.5. The molecule has 0 saturated heterocycles. The maximum absolute atomic E-state index is 10.3. The molecule has 0 fully saturated rings. The van der Waals surface area contributed by atoms with Crippen LogP contribution in [0.4, 0.5) is 0 Å². The summed E-state index contributed by atoms with van der Waals surface area (Å²) in [5.74, 6) is 1.52. The number of ether oxygens (including phenoxy) is 1. The molecule has 15 heavy (non-hydrogen) atoms. The SMILES string of the molecule is CC(C)c1ccc(OC=O)c(C(C)C)c1. The maximum atomic E-state index is 10.3. The van der Waals surface area contributed by atoms with Gasteiger partial charge >= 0.3 is 0 Å². The van der Waals surface area contributed by atoms with E-state index >= 15 is 0 Å². The molecule has 0 unspecified atom stereocenters. The summed E-state index contributed by atoms with van der Waals surface area (Å²) in [5.41, 5.74) is 2.37. The first-order valence-electron chi connectivity index (χ1n) is 5.30. The largest absolute Gasteiger partial charge is 0.428 e. The van der Waals surface area contributed by atoms with Crippen LogP contribution in [0.1, 0.15) is 50.7 Å². The summed E-state index contributed by atoms with van der Waals surface area (Å²) in [4.78, 5) is 10.3. The Balaban J connectivity index is 3.14. The minimum Gasteiger partial charge on any atom is -0.428 e. The molecule has 0 aromatic heterocycles. The predicted octanol–water partition coefficient (Wildman–Crippen LogP) is 3.47. The Hall–Kier alpha value is -1.31. The van der Waals surface area contributed by atoms with E-state index in [1.807, 2.05) is 12.1 Å². The summed E-state index contributed by atoms with van der Waals surface area (Å²) in [5, 5.41) is 0. The third-order valence-corrected chi connectivity index (χ3v) is 2.50. The third kappa shape index (κ3) is 2.82. The van der Waals surface area contributed by atoms with Gasteiger partial charge in [-0.05, 0) is 29.0 Å². The van der Waals surface area contributed by atoms with Crippen LogP contribution in [0.15, 0.2) is 18.2 Å². The molecular weight excluding hydrogens is 188 g/mol. The molecule has 0 heterocycles. The van der Waals surface area contributed by atoms with Crippen LogP contribution in [-0.4, -0.2) is 6.47 Å². The van der Waals surface area contributed by atoms with Crippen molar-refractivity contribution >= 4 is 6.47 Å². The Morgan fingerprint density at radius 1 is 1.13 bits per heavy atom. The first-order chi connectivity index (χ1) is 7.06. The van der Waals surface area contributed by atoms with E-state index in [4.69, 9.17) is 4.74 Å². The van der Waals surface area contributed by atoms with E-state index in [2.05, 4.69) is 33.8 Å². The van der Waals surface area contributed by atoms with Crippen molar-refractivity contribution in [3.8, 4) is 5.75 Å². The second-order valence-corrected chi connectivity index (χ2v) is 4.32. The van der Waals surface area contributed by atoms with E-state index in [1.54, 1.807) is 0 Å². The molecule has 1 rings (SSSR count). The Morgan fingerprint density at radius 2 is 1.80 bits per heavy atom. The van der Waals surface area contributed by atoms with Gasteiger partial charge in [0.25, 0.3) is 6.47 Å².